The Balaban J connectivity index is 1.59. The van der Waals surface area contributed by atoms with Crippen molar-refractivity contribution in [2.45, 2.75) is 26.1 Å². The Bertz CT molecular complexity index is 680. The van der Waals surface area contributed by atoms with Crippen molar-refractivity contribution in [2.24, 2.45) is 0 Å². The van der Waals surface area contributed by atoms with Crippen LogP contribution in [-0.4, -0.2) is 46.0 Å². The van der Waals surface area contributed by atoms with Crippen LogP contribution in [0.3, 0.4) is 0 Å². The number of halogens is 3. The summed E-state index contributed by atoms with van der Waals surface area (Å²) in [5.74, 6) is 0.145. The highest BCUT2D eigenvalue weighted by Crippen LogP contribution is 2.28. The van der Waals surface area contributed by atoms with E-state index >= 15 is 0 Å². The zero-order chi connectivity index (χ0) is 17.2. The molecule has 0 unspecified atom stereocenters. The molecule has 130 valence electrons. The van der Waals surface area contributed by atoms with Crippen molar-refractivity contribution in [1.82, 2.24) is 19.9 Å². The maximum Gasteiger partial charge on any atom is 0.433 e. The third-order valence-electron chi connectivity index (χ3n) is 3.88. The minimum absolute atomic E-state index is 0.145. The Hall–Kier alpha value is -1.74. The Labute approximate surface area is 142 Å². The molecule has 24 heavy (non-hydrogen) atoms. The number of nitrogens with zero attached hydrogens (tertiary/aromatic N) is 5. The summed E-state index contributed by atoms with van der Waals surface area (Å²) >= 11 is 1.66. The molecule has 0 amide bonds. The smallest absolute Gasteiger partial charge is 0.338 e. The number of piperazine rings is 1. The average molecular weight is 357 g/mol. The number of alkyl halides is 3. The van der Waals surface area contributed by atoms with Gasteiger partial charge in [0, 0.05) is 44.3 Å². The molecule has 3 heterocycles. The summed E-state index contributed by atoms with van der Waals surface area (Å²) in [6, 6.07) is 0.896. The van der Waals surface area contributed by atoms with Gasteiger partial charge in [0.25, 0.3) is 0 Å². The molecule has 0 atom stereocenters. The largest absolute Gasteiger partial charge is 0.433 e. The first kappa shape index (κ1) is 17.1. The molecule has 2 aromatic rings. The highest BCUT2D eigenvalue weighted by Gasteiger charge is 2.33. The fourth-order valence-corrected chi connectivity index (χ4v) is 3.31. The van der Waals surface area contributed by atoms with Gasteiger partial charge in [-0.15, -0.1) is 11.3 Å². The Kier molecular flexibility index (Phi) is 5.00. The van der Waals surface area contributed by atoms with Crippen LogP contribution >= 0.6 is 11.3 Å². The van der Waals surface area contributed by atoms with E-state index in [1.54, 1.807) is 16.2 Å². The van der Waals surface area contributed by atoms with Gasteiger partial charge in [-0.2, -0.15) is 13.2 Å². The predicted molar refractivity (Wildman–Crippen MR) is 86.0 cm³/mol. The molecular formula is C15H18F3N5S. The van der Waals surface area contributed by atoms with Gasteiger partial charge in [0.15, 0.2) is 0 Å². The highest BCUT2D eigenvalue weighted by atomic mass is 32.1. The number of rotatable bonds is 4. The molecule has 0 radical (unpaired) electrons. The van der Waals surface area contributed by atoms with Crippen molar-refractivity contribution in [3.05, 3.63) is 34.0 Å². The summed E-state index contributed by atoms with van der Waals surface area (Å²) in [7, 11) is 0. The van der Waals surface area contributed by atoms with Crippen LogP contribution in [0.5, 0.6) is 0 Å². The molecule has 0 aliphatic carbocycles. The van der Waals surface area contributed by atoms with Crippen molar-refractivity contribution < 1.29 is 13.2 Å². The molecule has 3 rings (SSSR count). The molecule has 0 spiro atoms. The van der Waals surface area contributed by atoms with Crippen LogP contribution in [0.25, 0.3) is 0 Å². The summed E-state index contributed by atoms with van der Waals surface area (Å²) < 4.78 is 38.2. The van der Waals surface area contributed by atoms with Crippen LogP contribution < -0.4 is 4.90 Å². The zero-order valence-corrected chi connectivity index (χ0v) is 14.1. The van der Waals surface area contributed by atoms with Gasteiger partial charge in [0.05, 0.1) is 10.7 Å². The molecule has 1 aliphatic heterocycles. The van der Waals surface area contributed by atoms with Crippen LogP contribution in [0.2, 0.25) is 0 Å². The predicted octanol–water partition coefficient (Wildman–Crippen LogP) is 2.84. The lowest BCUT2D eigenvalue weighted by atomic mass is 10.3. The molecule has 0 saturated carbocycles. The number of thiazole rings is 1. The van der Waals surface area contributed by atoms with Crippen LogP contribution in [0.1, 0.15) is 23.3 Å². The quantitative estimate of drug-likeness (QED) is 0.842. The van der Waals surface area contributed by atoms with Crippen molar-refractivity contribution in [3.8, 4) is 0 Å². The van der Waals surface area contributed by atoms with Crippen LogP contribution in [0.4, 0.5) is 19.1 Å². The maximum atomic E-state index is 12.7. The van der Waals surface area contributed by atoms with E-state index in [2.05, 4.69) is 32.2 Å². The zero-order valence-electron chi connectivity index (χ0n) is 13.3. The molecule has 1 fully saturated rings. The summed E-state index contributed by atoms with van der Waals surface area (Å²) in [4.78, 5) is 16.2. The monoisotopic (exact) mass is 357 g/mol. The van der Waals surface area contributed by atoms with Gasteiger partial charge in [0.2, 0.25) is 5.95 Å². The number of hydrogen-bond acceptors (Lipinski definition) is 6. The molecule has 5 nitrogen and oxygen atoms in total. The SMILES string of the molecule is CCc1nc(CN2CCN(c3nccc(C(F)(F)F)n3)CC2)cs1. The second-order valence-corrected chi connectivity index (χ2v) is 6.53. The van der Waals surface area contributed by atoms with E-state index in [1.807, 2.05) is 0 Å². The summed E-state index contributed by atoms with van der Waals surface area (Å²) in [5.41, 5.74) is 0.158. The van der Waals surface area contributed by atoms with E-state index in [4.69, 9.17) is 0 Å². The molecule has 1 saturated heterocycles. The molecule has 0 bridgehead atoms. The average Bonchev–Trinajstić information content (AvgIpc) is 3.02. The molecule has 0 aromatic carbocycles. The fraction of sp³-hybridized carbons (Fsp3) is 0.533. The minimum Gasteiger partial charge on any atom is -0.338 e. The first-order valence-corrected chi connectivity index (χ1v) is 8.64. The van der Waals surface area contributed by atoms with Gasteiger partial charge in [0.1, 0.15) is 5.69 Å². The maximum absolute atomic E-state index is 12.7. The van der Waals surface area contributed by atoms with Crippen LogP contribution in [-0.2, 0) is 19.1 Å². The second-order valence-electron chi connectivity index (χ2n) is 5.59. The topological polar surface area (TPSA) is 45.2 Å². The summed E-state index contributed by atoms with van der Waals surface area (Å²) in [6.07, 6.45) is -2.34. The summed E-state index contributed by atoms with van der Waals surface area (Å²) in [6.45, 7) is 5.56. The molecule has 9 heteroatoms. The van der Waals surface area contributed by atoms with Gasteiger partial charge < -0.3 is 4.90 Å². The Morgan fingerprint density at radius 3 is 2.54 bits per heavy atom. The van der Waals surface area contributed by atoms with Gasteiger partial charge in [-0.1, -0.05) is 6.92 Å². The van der Waals surface area contributed by atoms with Crippen LogP contribution in [0.15, 0.2) is 17.6 Å². The Morgan fingerprint density at radius 2 is 1.92 bits per heavy atom. The first-order valence-electron chi connectivity index (χ1n) is 7.76. The fourth-order valence-electron chi connectivity index (χ4n) is 2.58. The van der Waals surface area contributed by atoms with E-state index in [1.165, 1.54) is 6.20 Å². The highest BCUT2D eigenvalue weighted by molar-refractivity contribution is 7.09. The third-order valence-corrected chi connectivity index (χ3v) is 4.92. The van der Waals surface area contributed by atoms with Crippen molar-refractivity contribution in [2.75, 3.05) is 31.1 Å². The van der Waals surface area contributed by atoms with E-state index in [-0.39, 0.29) is 5.95 Å². The first-order chi connectivity index (χ1) is 11.5. The lowest BCUT2D eigenvalue weighted by Crippen LogP contribution is -2.46. The van der Waals surface area contributed by atoms with E-state index < -0.39 is 11.9 Å². The molecule has 0 N–H and O–H groups in total. The lowest BCUT2D eigenvalue weighted by molar-refractivity contribution is -0.141. The van der Waals surface area contributed by atoms with Crippen molar-refractivity contribution >= 4 is 17.3 Å². The standard InChI is InChI=1S/C15H18F3N5S/c1-2-13-20-11(10-24-13)9-22-5-7-23(8-6-22)14-19-4-3-12(21-14)15(16,17)18/h3-4,10H,2,5-9H2,1H3. The normalized spacial score (nSPS) is 16.6. The van der Waals surface area contributed by atoms with Crippen molar-refractivity contribution in [1.29, 1.82) is 0 Å². The van der Waals surface area contributed by atoms with E-state index in [9.17, 15) is 13.2 Å². The van der Waals surface area contributed by atoms with Gasteiger partial charge in [-0.3, -0.25) is 4.90 Å². The molecule has 1 aliphatic rings. The van der Waals surface area contributed by atoms with Crippen LogP contribution in [0, 0.1) is 0 Å². The molecule has 2 aromatic heterocycles. The molecular weight excluding hydrogens is 339 g/mol. The number of aromatic nitrogens is 3. The third kappa shape index (κ3) is 4.02. The van der Waals surface area contributed by atoms with E-state index in [0.29, 0.717) is 13.1 Å². The van der Waals surface area contributed by atoms with Crippen molar-refractivity contribution in [3.63, 3.8) is 0 Å². The minimum atomic E-state index is -4.44. The van der Waals surface area contributed by atoms with Gasteiger partial charge >= 0.3 is 6.18 Å². The number of anilines is 1. The number of aryl methyl sites for hydroxylation is 1. The second kappa shape index (κ2) is 7.02. The lowest BCUT2D eigenvalue weighted by Gasteiger charge is -2.34. The Morgan fingerprint density at radius 1 is 1.17 bits per heavy atom. The summed E-state index contributed by atoms with van der Waals surface area (Å²) in [5, 5.41) is 3.20. The number of hydrogen-bond donors (Lipinski definition) is 0. The van der Waals surface area contributed by atoms with Gasteiger partial charge in [-0.05, 0) is 12.5 Å². The van der Waals surface area contributed by atoms with Gasteiger partial charge in [-0.25, -0.2) is 15.0 Å². The van der Waals surface area contributed by atoms with E-state index in [0.717, 1.165) is 42.8 Å².